The minimum Gasteiger partial charge on any atom is -0.481 e. The number of hydrogen-bond acceptors (Lipinski definition) is 6. The van der Waals surface area contributed by atoms with Crippen molar-refractivity contribution in [1.82, 2.24) is 14.8 Å². The zero-order chi connectivity index (χ0) is 19.5. The first kappa shape index (κ1) is 19.0. The number of anilines is 1. The summed E-state index contributed by atoms with van der Waals surface area (Å²) < 4.78 is 5.62. The third kappa shape index (κ3) is 4.22. The number of aliphatic carboxylic acids is 1. The lowest BCUT2D eigenvalue weighted by Gasteiger charge is -2.36. The Labute approximate surface area is 165 Å². The molecule has 3 aliphatic heterocycles. The van der Waals surface area contributed by atoms with Crippen molar-refractivity contribution >= 4 is 17.7 Å². The van der Waals surface area contributed by atoms with Gasteiger partial charge in [-0.05, 0) is 50.9 Å². The van der Waals surface area contributed by atoms with Crippen LogP contribution in [0.25, 0.3) is 0 Å². The van der Waals surface area contributed by atoms with Gasteiger partial charge in [-0.25, -0.2) is 4.79 Å². The molecule has 0 aromatic carbocycles. The van der Waals surface area contributed by atoms with E-state index in [1.54, 1.807) is 0 Å². The third-order valence-electron chi connectivity index (χ3n) is 6.23. The number of pyridine rings is 1. The summed E-state index contributed by atoms with van der Waals surface area (Å²) in [6, 6.07) is 4.27. The van der Waals surface area contributed by atoms with E-state index < -0.39 is 5.97 Å². The molecule has 4 heterocycles. The summed E-state index contributed by atoms with van der Waals surface area (Å²) in [6.07, 6.45) is 6.52. The van der Waals surface area contributed by atoms with Gasteiger partial charge in [0.05, 0.1) is 12.5 Å². The van der Waals surface area contributed by atoms with Crippen molar-refractivity contribution in [3.63, 3.8) is 0 Å². The fraction of sp³-hybridized carbons (Fsp3) is 0.650. The lowest BCUT2D eigenvalue weighted by Crippen LogP contribution is -2.46. The molecule has 1 amide bonds. The van der Waals surface area contributed by atoms with E-state index in [0.29, 0.717) is 25.9 Å². The highest BCUT2D eigenvalue weighted by atomic mass is 16.6. The molecule has 0 bridgehead atoms. The second kappa shape index (κ2) is 8.34. The standard InChI is InChI=1S/C20H28N4O4/c25-19(26)15-3-9-22(10-4-15)13-18-14-24(20(27)28-18)17-5-11-23(12-6-17)16-1-7-21-8-2-16/h1-2,7-8,15,17-18H,3-6,9-14H2,(H,25,26)/t18-/m0/s1. The maximum Gasteiger partial charge on any atom is 0.410 e. The van der Waals surface area contributed by atoms with E-state index in [4.69, 9.17) is 9.84 Å². The Morgan fingerprint density at radius 3 is 2.43 bits per heavy atom. The van der Waals surface area contributed by atoms with E-state index in [1.165, 1.54) is 5.69 Å². The first-order valence-electron chi connectivity index (χ1n) is 10.2. The summed E-state index contributed by atoms with van der Waals surface area (Å²) in [5.74, 6) is -0.930. The van der Waals surface area contributed by atoms with Gasteiger partial charge in [0.15, 0.2) is 0 Å². The monoisotopic (exact) mass is 388 g/mol. The topological polar surface area (TPSA) is 86.2 Å². The van der Waals surface area contributed by atoms with Gasteiger partial charge in [0.2, 0.25) is 0 Å². The Kier molecular flexibility index (Phi) is 5.66. The first-order valence-corrected chi connectivity index (χ1v) is 10.2. The molecule has 3 fully saturated rings. The van der Waals surface area contributed by atoms with Gasteiger partial charge in [-0.3, -0.25) is 14.7 Å². The summed E-state index contributed by atoms with van der Waals surface area (Å²) in [5, 5.41) is 9.11. The van der Waals surface area contributed by atoms with Gasteiger partial charge in [-0.2, -0.15) is 0 Å². The molecule has 0 unspecified atom stereocenters. The lowest BCUT2D eigenvalue weighted by molar-refractivity contribution is -0.143. The van der Waals surface area contributed by atoms with Crippen LogP contribution in [0.15, 0.2) is 24.5 Å². The van der Waals surface area contributed by atoms with Crippen molar-refractivity contribution < 1.29 is 19.4 Å². The molecule has 8 heteroatoms. The summed E-state index contributed by atoms with van der Waals surface area (Å²) in [5.41, 5.74) is 1.18. The average molecular weight is 388 g/mol. The zero-order valence-electron chi connectivity index (χ0n) is 16.1. The van der Waals surface area contributed by atoms with E-state index in [0.717, 1.165) is 39.0 Å². The second-order valence-corrected chi connectivity index (χ2v) is 7.99. The molecule has 0 radical (unpaired) electrons. The molecule has 152 valence electrons. The van der Waals surface area contributed by atoms with Crippen LogP contribution in [-0.4, -0.2) is 83.4 Å². The SMILES string of the molecule is O=C(O)C1CCN(C[C@H]2CN(C3CCN(c4ccncc4)CC3)C(=O)O2)CC1. The molecule has 1 atom stereocenters. The maximum atomic E-state index is 12.4. The normalized spacial score (nSPS) is 25.1. The summed E-state index contributed by atoms with van der Waals surface area (Å²) >= 11 is 0. The van der Waals surface area contributed by atoms with E-state index in [1.807, 2.05) is 29.4 Å². The number of amides is 1. The Hall–Kier alpha value is -2.35. The van der Waals surface area contributed by atoms with Crippen LogP contribution >= 0.6 is 0 Å². The van der Waals surface area contributed by atoms with Gasteiger partial charge in [-0.15, -0.1) is 0 Å². The number of piperidine rings is 2. The molecule has 1 N–H and O–H groups in total. The fourth-order valence-corrected chi connectivity index (χ4v) is 4.58. The molecule has 1 aromatic rings. The first-order chi connectivity index (χ1) is 13.6. The number of ether oxygens (including phenoxy) is 1. The predicted octanol–water partition coefficient (Wildman–Crippen LogP) is 1.67. The number of carbonyl (C=O) groups excluding carboxylic acids is 1. The summed E-state index contributed by atoms with van der Waals surface area (Å²) in [4.78, 5) is 34.0. The molecule has 0 spiro atoms. The Bertz CT molecular complexity index is 685. The number of aromatic nitrogens is 1. The minimum absolute atomic E-state index is 0.118. The van der Waals surface area contributed by atoms with Crippen LogP contribution in [0.2, 0.25) is 0 Å². The highest BCUT2D eigenvalue weighted by molar-refractivity contribution is 5.70. The van der Waals surface area contributed by atoms with Gasteiger partial charge < -0.3 is 19.6 Å². The van der Waals surface area contributed by atoms with Crippen LogP contribution in [0.4, 0.5) is 10.5 Å². The summed E-state index contributed by atoms with van der Waals surface area (Å²) in [7, 11) is 0. The molecular weight excluding hydrogens is 360 g/mol. The number of nitrogens with zero attached hydrogens (tertiary/aromatic N) is 4. The number of rotatable bonds is 5. The number of likely N-dealkylation sites (tertiary alicyclic amines) is 1. The van der Waals surface area contributed by atoms with E-state index >= 15 is 0 Å². The van der Waals surface area contributed by atoms with Crippen molar-refractivity contribution in [2.45, 2.75) is 37.8 Å². The van der Waals surface area contributed by atoms with Crippen LogP contribution in [0.1, 0.15) is 25.7 Å². The molecule has 0 saturated carbocycles. The van der Waals surface area contributed by atoms with Crippen LogP contribution in [0.3, 0.4) is 0 Å². The highest BCUT2D eigenvalue weighted by Crippen LogP contribution is 2.26. The molecule has 28 heavy (non-hydrogen) atoms. The van der Waals surface area contributed by atoms with Crippen molar-refractivity contribution in [1.29, 1.82) is 0 Å². The zero-order valence-corrected chi connectivity index (χ0v) is 16.1. The van der Waals surface area contributed by atoms with Crippen molar-refractivity contribution in [3.8, 4) is 0 Å². The molecule has 3 saturated heterocycles. The number of cyclic esters (lactones) is 1. The number of hydrogen-bond donors (Lipinski definition) is 1. The molecule has 8 nitrogen and oxygen atoms in total. The molecular formula is C20H28N4O4. The van der Waals surface area contributed by atoms with Gasteiger partial charge in [0.25, 0.3) is 0 Å². The van der Waals surface area contributed by atoms with E-state index in [2.05, 4.69) is 14.8 Å². The van der Waals surface area contributed by atoms with Gasteiger partial charge in [-0.1, -0.05) is 0 Å². The van der Waals surface area contributed by atoms with Crippen LogP contribution in [-0.2, 0) is 9.53 Å². The highest BCUT2D eigenvalue weighted by Gasteiger charge is 2.38. The number of carbonyl (C=O) groups is 2. The van der Waals surface area contributed by atoms with Crippen LogP contribution in [0, 0.1) is 5.92 Å². The molecule has 4 rings (SSSR count). The van der Waals surface area contributed by atoms with Gasteiger partial charge in [0, 0.05) is 43.8 Å². The van der Waals surface area contributed by atoms with E-state index in [9.17, 15) is 9.59 Å². The second-order valence-electron chi connectivity index (χ2n) is 7.99. The maximum absolute atomic E-state index is 12.4. The number of carboxylic acids is 1. The quantitative estimate of drug-likeness (QED) is 0.821. The van der Waals surface area contributed by atoms with Crippen LogP contribution < -0.4 is 4.90 Å². The van der Waals surface area contributed by atoms with E-state index in [-0.39, 0.29) is 24.2 Å². The predicted molar refractivity (Wildman–Crippen MR) is 103 cm³/mol. The smallest absolute Gasteiger partial charge is 0.410 e. The largest absolute Gasteiger partial charge is 0.481 e. The molecule has 0 aliphatic carbocycles. The molecule has 3 aliphatic rings. The van der Waals surface area contributed by atoms with Crippen molar-refractivity contribution in [3.05, 3.63) is 24.5 Å². The van der Waals surface area contributed by atoms with Gasteiger partial charge >= 0.3 is 12.1 Å². The Morgan fingerprint density at radius 1 is 1.11 bits per heavy atom. The number of carboxylic acid groups (broad SMARTS) is 1. The van der Waals surface area contributed by atoms with Crippen molar-refractivity contribution in [2.75, 3.05) is 44.2 Å². The molecule has 1 aromatic heterocycles. The summed E-state index contributed by atoms with van der Waals surface area (Å²) in [6.45, 7) is 4.70. The van der Waals surface area contributed by atoms with Gasteiger partial charge in [0.1, 0.15) is 6.10 Å². The minimum atomic E-state index is -0.698. The third-order valence-corrected chi connectivity index (χ3v) is 6.23. The fourth-order valence-electron chi connectivity index (χ4n) is 4.58. The Balaban J connectivity index is 1.25. The van der Waals surface area contributed by atoms with Crippen molar-refractivity contribution in [2.24, 2.45) is 5.92 Å². The average Bonchev–Trinajstić information content (AvgIpc) is 3.09. The van der Waals surface area contributed by atoms with Crippen LogP contribution in [0.5, 0.6) is 0 Å². The lowest BCUT2D eigenvalue weighted by atomic mass is 9.97. The Morgan fingerprint density at radius 2 is 1.79 bits per heavy atom.